The smallest absolute Gasteiger partial charge is 0.0728 e. The van der Waals surface area contributed by atoms with E-state index in [4.69, 9.17) is 0 Å². The molecule has 1 aromatic rings. The first kappa shape index (κ1) is 14.5. The maximum atomic E-state index is 4.11. The third-order valence-corrected chi connectivity index (χ3v) is 4.28. The largest absolute Gasteiger partial charge is 0.312 e. The Labute approximate surface area is 117 Å². The van der Waals surface area contributed by atoms with Gasteiger partial charge in [0.2, 0.25) is 0 Å². The maximum Gasteiger partial charge on any atom is 0.0728 e. The van der Waals surface area contributed by atoms with Crippen LogP contribution in [0.4, 0.5) is 0 Å². The second-order valence-electron chi connectivity index (χ2n) is 7.20. The summed E-state index contributed by atoms with van der Waals surface area (Å²) >= 11 is 0. The molecule has 0 amide bonds. The van der Waals surface area contributed by atoms with Crippen molar-refractivity contribution in [1.29, 1.82) is 0 Å². The SMILES string of the molecule is CC1CCC(CNC(C)(C)C)C(c2cnnn2C)C1. The molecular formula is C15H28N4. The molecule has 0 bridgehead atoms. The number of nitrogens with zero attached hydrogens (tertiary/aromatic N) is 3. The van der Waals surface area contributed by atoms with Crippen LogP contribution in [0.5, 0.6) is 0 Å². The molecule has 0 spiro atoms. The van der Waals surface area contributed by atoms with Crippen LogP contribution in [0.15, 0.2) is 6.20 Å². The van der Waals surface area contributed by atoms with Crippen molar-refractivity contribution in [3.8, 4) is 0 Å². The molecule has 3 atom stereocenters. The Bertz CT molecular complexity index is 405. The molecule has 1 N–H and O–H groups in total. The molecule has 0 saturated heterocycles. The highest BCUT2D eigenvalue weighted by Gasteiger charge is 2.32. The minimum absolute atomic E-state index is 0.193. The summed E-state index contributed by atoms with van der Waals surface area (Å²) in [6.07, 6.45) is 5.86. The third-order valence-electron chi connectivity index (χ3n) is 4.28. The molecule has 1 fully saturated rings. The van der Waals surface area contributed by atoms with Crippen molar-refractivity contribution in [2.75, 3.05) is 6.54 Å². The summed E-state index contributed by atoms with van der Waals surface area (Å²) in [5, 5.41) is 11.8. The van der Waals surface area contributed by atoms with Gasteiger partial charge in [-0.1, -0.05) is 18.6 Å². The molecule has 1 aromatic heterocycles. The summed E-state index contributed by atoms with van der Waals surface area (Å²) in [7, 11) is 2.01. The van der Waals surface area contributed by atoms with E-state index in [0.717, 1.165) is 12.5 Å². The lowest BCUT2D eigenvalue weighted by Gasteiger charge is -2.36. The summed E-state index contributed by atoms with van der Waals surface area (Å²) in [4.78, 5) is 0. The van der Waals surface area contributed by atoms with Crippen LogP contribution in [0.25, 0.3) is 0 Å². The van der Waals surface area contributed by atoms with Gasteiger partial charge in [-0.05, 0) is 52.0 Å². The van der Waals surface area contributed by atoms with Crippen LogP contribution in [-0.2, 0) is 7.05 Å². The Hall–Kier alpha value is -0.900. The van der Waals surface area contributed by atoms with E-state index in [1.165, 1.54) is 25.0 Å². The zero-order chi connectivity index (χ0) is 14.0. The van der Waals surface area contributed by atoms with Gasteiger partial charge in [-0.2, -0.15) is 0 Å². The molecule has 0 aliphatic heterocycles. The maximum absolute atomic E-state index is 4.11. The summed E-state index contributed by atoms with van der Waals surface area (Å²) in [5.41, 5.74) is 1.49. The van der Waals surface area contributed by atoms with Gasteiger partial charge >= 0.3 is 0 Å². The predicted molar refractivity (Wildman–Crippen MR) is 78.0 cm³/mol. The topological polar surface area (TPSA) is 42.7 Å². The van der Waals surface area contributed by atoms with E-state index in [2.05, 4.69) is 43.3 Å². The molecule has 1 saturated carbocycles. The van der Waals surface area contributed by atoms with Gasteiger partial charge in [0.15, 0.2) is 0 Å². The van der Waals surface area contributed by atoms with Gasteiger partial charge in [-0.15, -0.1) is 5.10 Å². The number of aryl methyl sites for hydroxylation is 1. The van der Waals surface area contributed by atoms with Crippen LogP contribution in [0, 0.1) is 11.8 Å². The highest BCUT2D eigenvalue weighted by atomic mass is 15.4. The van der Waals surface area contributed by atoms with E-state index in [9.17, 15) is 0 Å². The fourth-order valence-corrected chi connectivity index (χ4v) is 3.12. The van der Waals surface area contributed by atoms with E-state index in [1.807, 2.05) is 17.9 Å². The first-order valence-electron chi connectivity index (χ1n) is 7.46. The second-order valence-corrected chi connectivity index (χ2v) is 7.20. The first-order valence-corrected chi connectivity index (χ1v) is 7.46. The highest BCUT2D eigenvalue weighted by molar-refractivity contribution is 5.07. The monoisotopic (exact) mass is 264 g/mol. The predicted octanol–water partition coefficient (Wildman–Crippen LogP) is 2.72. The summed E-state index contributed by atoms with van der Waals surface area (Å²) in [6.45, 7) is 10.2. The van der Waals surface area contributed by atoms with Crippen molar-refractivity contribution < 1.29 is 0 Å². The van der Waals surface area contributed by atoms with E-state index in [0.29, 0.717) is 11.8 Å². The van der Waals surface area contributed by atoms with Crippen molar-refractivity contribution in [3.05, 3.63) is 11.9 Å². The Morgan fingerprint density at radius 1 is 1.37 bits per heavy atom. The molecule has 1 aliphatic rings. The van der Waals surface area contributed by atoms with E-state index < -0.39 is 0 Å². The third kappa shape index (κ3) is 3.78. The van der Waals surface area contributed by atoms with Gasteiger partial charge in [-0.3, -0.25) is 4.68 Å². The first-order chi connectivity index (χ1) is 8.87. The molecule has 1 aliphatic carbocycles. The number of aromatic nitrogens is 3. The second kappa shape index (κ2) is 5.61. The molecule has 4 nitrogen and oxygen atoms in total. The molecule has 4 heteroatoms. The van der Waals surface area contributed by atoms with Gasteiger partial charge < -0.3 is 5.32 Å². The average Bonchev–Trinajstić information content (AvgIpc) is 2.72. The number of rotatable bonds is 3. The van der Waals surface area contributed by atoms with Crippen LogP contribution in [-0.4, -0.2) is 27.1 Å². The normalized spacial score (nSPS) is 28.6. The lowest BCUT2D eigenvalue weighted by molar-refractivity contribution is 0.220. The standard InChI is InChI=1S/C15H28N4/c1-11-6-7-12(9-16-15(2,3)4)13(8-11)14-10-17-18-19(14)5/h10-13,16H,6-9H2,1-5H3. The van der Waals surface area contributed by atoms with Crippen LogP contribution < -0.4 is 5.32 Å². The molecule has 0 radical (unpaired) electrons. The van der Waals surface area contributed by atoms with E-state index >= 15 is 0 Å². The van der Waals surface area contributed by atoms with Gasteiger partial charge in [0.1, 0.15) is 0 Å². The van der Waals surface area contributed by atoms with Crippen molar-refractivity contribution in [2.45, 2.75) is 58.4 Å². The number of hydrogen-bond acceptors (Lipinski definition) is 3. The zero-order valence-corrected chi connectivity index (χ0v) is 13.0. The number of nitrogens with one attached hydrogen (secondary N) is 1. The highest BCUT2D eigenvalue weighted by Crippen LogP contribution is 2.39. The Balaban J connectivity index is 2.09. The Morgan fingerprint density at radius 3 is 2.68 bits per heavy atom. The lowest BCUT2D eigenvalue weighted by Crippen LogP contribution is -2.41. The summed E-state index contributed by atoms with van der Waals surface area (Å²) in [5.74, 6) is 2.11. The zero-order valence-electron chi connectivity index (χ0n) is 13.0. The van der Waals surface area contributed by atoms with Crippen molar-refractivity contribution in [1.82, 2.24) is 20.3 Å². The molecule has 0 aromatic carbocycles. The van der Waals surface area contributed by atoms with Crippen LogP contribution in [0.3, 0.4) is 0 Å². The number of hydrogen-bond donors (Lipinski definition) is 1. The van der Waals surface area contributed by atoms with Crippen molar-refractivity contribution >= 4 is 0 Å². The average molecular weight is 264 g/mol. The van der Waals surface area contributed by atoms with Crippen molar-refractivity contribution in [2.24, 2.45) is 18.9 Å². The molecule has 19 heavy (non-hydrogen) atoms. The minimum Gasteiger partial charge on any atom is -0.312 e. The fourth-order valence-electron chi connectivity index (χ4n) is 3.12. The van der Waals surface area contributed by atoms with E-state index in [1.54, 1.807) is 0 Å². The molecule has 3 unspecified atom stereocenters. The molecule has 2 rings (SSSR count). The fraction of sp³-hybridized carbons (Fsp3) is 0.867. The van der Waals surface area contributed by atoms with Gasteiger partial charge in [0.05, 0.1) is 11.9 Å². The minimum atomic E-state index is 0.193. The van der Waals surface area contributed by atoms with Crippen LogP contribution in [0.1, 0.15) is 58.6 Å². The molecule has 1 heterocycles. The molecular weight excluding hydrogens is 236 g/mol. The van der Waals surface area contributed by atoms with Crippen molar-refractivity contribution in [3.63, 3.8) is 0 Å². The van der Waals surface area contributed by atoms with Gasteiger partial charge in [0.25, 0.3) is 0 Å². The van der Waals surface area contributed by atoms with E-state index in [-0.39, 0.29) is 5.54 Å². The summed E-state index contributed by atoms with van der Waals surface area (Å²) in [6, 6.07) is 0. The Kier molecular flexibility index (Phi) is 4.29. The quantitative estimate of drug-likeness (QED) is 0.913. The van der Waals surface area contributed by atoms with Crippen LogP contribution in [0.2, 0.25) is 0 Å². The van der Waals surface area contributed by atoms with Gasteiger partial charge in [-0.25, -0.2) is 0 Å². The van der Waals surface area contributed by atoms with Crippen LogP contribution >= 0.6 is 0 Å². The Morgan fingerprint density at radius 2 is 2.11 bits per heavy atom. The lowest BCUT2D eigenvalue weighted by atomic mass is 9.73. The van der Waals surface area contributed by atoms with Gasteiger partial charge in [0, 0.05) is 18.5 Å². The molecule has 108 valence electrons. The summed E-state index contributed by atoms with van der Waals surface area (Å²) < 4.78 is 1.95.